The Hall–Kier alpha value is -3.17. The molecular formula is C20H14N2O3S. The number of Topliss-reactive ketones (excluding diaryl/α,β-unsaturated/α-hetero) is 1. The highest BCUT2D eigenvalue weighted by Crippen LogP contribution is 2.32. The van der Waals surface area contributed by atoms with Crippen molar-refractivity contribution in [2.24, 2.45) is 0 Å². The maximum atomic E-state index is 12.5. The molecule has 1 fully saturated rings. The van der Waals surface area contributed by atoms with Gasteiger partial charge in [0.25, 0.3) is 11.1 Å². The van der Waals surface area contributed by atoms with Crippen LogP contribution in [0.3, 0.4) is 0 Å². The number of benzene rings is 2. The van der Waals surface area contributed by atoms with Gasteiger partial charge in [-0.2, -0.15) is 5.26 Å². The third kappa shape index (κ3) is 3.73. The minimum absolute atomic E-state index is 0.298. The van der Waals surface area contributed by atoms with Crippen LogP contribution in [0.25, 0.3) is 6.08 Å². The summed E-state index contributed by atoms with van der Waals surface area (Å²) in [5.41, 5.74) is 2.71. The van der Waals surface area contributed by atoms with Gasteiger partial charge >= 0.3 is 0 Å². The summed E-state index contributed by atoms with van der Waals surface area (Å²) in [7, 11) is 0. The van der Waals surface area contributed by atoms with Crippen LogP contribution in [0.1, 0.15) is 27.0 Å². The van der Waals surface area contributed by atoms with E-state index in [0.29, 0.717) is 16.0 Å². The molecule has 0 spiro atoms. The zero-order valence-electron chi connectivity index (χ0n) is 13.9. The van der Waals surface area contributed by atoms with Gasteiger partial charge in [-0.15, -0.1) is 0 Å². The monoisotopic (exact) mass is 362 g/mol. The van der Waals surface area contributed by atoms with Crippen LogP contribution >= 0.6 is 11.8 Å². The SMILES string of the molecule is Cc1ccc(/C=C2\SC(=O)N(CC(=O)c3ccc(C#N)cc3)C2=O)cc1. The van der Waals surface area contributed by atoms with Crippen LogP contribution in [0.5, 0.6) is 0 Å². The minimum Gasteiger partial charge on any atom is -0.292 e. The molecule has 0 unspecified atom stereocenters. The standard InChI is InChI=1S/C20H14N2O3S/c1-13-2-4-14(5-3-13)10-18-19(24)22(20(25)26-18)12-17(23)16-8-6-15(11-21)7-9-16/h2-10H,12H2,1H3/b18-10-. The second kappa shape index (κ2) is 7.38. The smallest absolute Gasteiger partial charge is 0.292 e. The van der Waals surface area contributed by atoms with Crippen LogP contribution in [0.4, 0.5) is 4.79 Å². The van der Waals surface area contributed by atoms with Crippen molar-refractivity contribution in [3.05, 3.63) is 75.7 Å². The first-order valence-electron chi connectivity index (χ1n) is 7.83. The number of imide groups is 1. The minimum atomic E-state index is -0.470. The lowest BCUT2D eigenvalue weighted by molar-refractivity contribution is -0.122. The van der Waals surface area contributed by atoms with E-state index in [1.54, 1.807) is 6.08 Å². The van der Waals surface area contributed by atoms with Crippen LogP contribution in [0.2, 0.25) is 0 Å². The Kier molecular flexibility index (Phi) is 5.01. The number of hydrogen-bond donors (Lipinski definition) is 0. The van der Waals surface area contributed by atoms with Crippen LogP contribution in [-0.2, 0) is 4.79 Å². The summed E-state index contributed by atoms with van der Waals surface area (Å²) in [6, 6.07) is 15.6. The van der Waals surface area contributed by atoms with Gasteiger partial charge in [0.05, 0.1) is 23.1 Å². The van der Waals surface area contributed by atoms with E-state index < -0.39 is 11.1 Å². The highest BCUT2D eigenvalue weighted by atomic mass is 32.2. The third-order valence-corrected chi connectivity index (χ3v) is 4.79. The summed E-state index contributed by atoms with van der Waals surface area (Å²) in [6.07, 6.45) is 1.65. The number of ketones is 1. The van der Waals surface area contributed by atoms with Crippen molar-refractivity contribution in [2.75, 3.05) is 6.54 Å². The first kappa shape index (κ1) is 17.6. The van der Waals surface area contributed by atoms with Crippen molar-refractivity contribution < 1.29 is 14.4 Å². The Morgan fingerprint density at radius 2 is 1.77 bits per heavy atom. The van der Waals surface area contributed by atoms with Crippen LogP contribution in [0.15, 0.2) is 53.4 Å². The molecule has 26 heavy (non-hydrogen) atoms. The van der Waals surface area contributed by atoms with Crippen molar-refractivity contribution in [1.29, 1.82) is 5.26 Å². The molecule has 2 aromatic rings. The Balaban J connectivity index is 1.75. The van der Waals surface area contributed by atoms with E-state index in [1.807, 2.05) is 37.3 Å². The average Bonchev–Trinajstić information content (AvgIpc) is 2.91. The van der Waals surface area contributed by atoms with E-state index in [1.165, 1.54) is 24.3 Å². The Labute approximate surface area is 154 Å². The van der Waals surface area contributed by atoms with E-state index in [4.69, 9.17) is 5.26 Å². The zero-order chi connectivity index (χ0) is 18.7. The molecule has 1 saturated heterocycles. The Morgan fingerprint density at radius 3 is 2.38 bits per heavy atom. The molecule has 5 nitrogen and oxygen atoms in total. The topological polar surface area (TPSA) is 78.2 Å². The summed E-state index contributed by atoms with van der Waals surface area (Å²) in [5, 5.41) is 8.33. The molecule has 3 rings (SSSR count). The predicted molar refractivity (Wildman–Crippen MR) is 99.3 cm³/mol. The number of nitriles is 1. The van der Waals surface area contributed by atoms with Gasteiger partial charge in [0.15, 0.2) is 5.78 Å². The summed E-state index contributed by atoms with van der Waals surface area (Å²) in [5.74, 6) is -0.823. The molecule has 0 bridgehead atoms. The van der Waals surface area contributed by atoms with Crippen molar-refractivity contribution in [3.63, 3.8) is 0 Å². The van der Waals surface area contributed by atoms with Gasteiger partial charge in [0, 0.05) is 5.56 Å². The van der Waals surface area contributed by atoms with Gasteiger partial charge in [-0.3, -0.25) is 19.3 Å². The predicted octanol–water partition coefficient (Wildman–Crippen LogP) is 3.79. The van der Waals surface area contributed by atoms with E-state index in [2.05, 4.69) is 0 Å². The zero-order valence-corrected chi connectivity index (χ0v) is 14.7. The number of carbonyl (C=O) groups excluding carboxylic acids is 3. The molecule has 0 saturated carbocycles. The Morgan fingerprint density at radius 1 is 1.12 bits per heavy atom. The largest absolute Gasteiger partial charge is 0.293 e. The van der Waals surface area contributed by atoms with Gasteiger partial charge < -0.3 is 0 Å². The first-order chi connectivity index (χ1) is 12.5. The van der Waals surface area contributed by atoms with Gasteiger partial charge in [-0.05, 0) is 42.5 Å². The normalized spacial score (nSPS) is 15.4. The molecule has 0 aromatic heterocycles. The molecule has 0 aliphatic carbocycles. The molecule has 0 radical (unpaired) electrons. The maximum Gasteiger partial charge on any atom is 0.293 e. The van der Waals surface area contributed by atoms with Gasteiger partial charge in [0.1, 0.15) is 0 Å². The van der Waals surface area contributed by atoms with E-state index in [0.717, 1.165) is 27.8 Å². The first-order valence-corrected chi connectivity index (χ1v) is 8.65. The number of nitrogens with zero attached hydrogens (tertiary/aromatic N) is 2. The number of aryl methyl sites for hydroxylation is 1. The molecule has 6 heteroatoms. The van der Waals surface area contributed by atoms with E-state index >= 15 is 0 Å². The lowest BCUT2D eigenvalue weighted by Crippen LogP contribution is -2.33. The van der Waals surface area contributed by atoms with Gasteiger partial charge in [0.2, 0.25) is 0 Å². The average molecular weight is 362 g/mol. The van der Waals surface area contributed by atoms with Crippen molar-refractivity contribution in [2.45, 2.75) is 6.92 Å². The van der Waals surface area contributed by atoms with Crippen LogP contribution in [-0.4, -0.2) is 28.4 Å². The number of rotatable bonds is 4. The van der Waals surface area contributed by atoms with Crippen molar-refractivity contribution in [1.82, 2.24) is 4.90 Å². The van der Waals surface area contributed by atoms with Crippen LogP contribution < -0.4 is 0 Å². The summed E-state index contributed by atoms with van der Waals surface area (Å²) in [4.78, 5) is 38.2. The summed E-state index contributed by atoms with van der Waals surface area (Å²) >= 11 is 0.827. The molecule has 0 N–H and O–H groups in total. The highest BCUT2D eigenvalue weighted by Gasteiger charge is 2.36. The summed E-state index contributed by atoms with van der Waals surface area (Å²) in [6.45, 7) is 1.65. The second-order valence-electron chi connectivity index (χ2n) is 5.79. The number of amides is 2. The molecule has 1 aliphatic heterocycles. The second-order valence-corrected chi connectivity index (χ2v) is 6.78. The molecule has 2 amide bonds. The molecule has 1 aliphatic rings. The molecule has 2 aromatic carbocycles. The lowest BCUT2D eigenvalue weighted by Gasteiger charge is -2.11. The number of thioether (sulfide) groups is 1. The van der Waals surface area contributed by atoms with E-state index in [-0.39, 0.29) is 12.3 Å². The van der Waals surface area contributed by atoms with Gasteiger partial charge in [-0.25, -0.2) is 0 Å². The van der Waals surface area contributed by atoms with Gasteiger partial charge in [-0.1, -0.05) is 42.0 Å². The molecule has 1 heterocycles. The number of carbonyl (C=O) groups is 3. The van der Waals surface area contributed by atoms with Crippen molar-refractivity contribution >= 4 is 34.8 Å². The third-order valence-electron chi connectivity index (χ3n) is 3.89. The quantitative estimate of drug-likeness (QED) is 0.611. The molecule has 128 valence electrons. The summed E-state index contributed by atoms with van der Waals surface area (Å²) < 4.78 is 0. The lowest BCUT2D eigenvalue weighted by atomic mass is 10.1. The molecule has 0 atom stereocenters. The fourth-order valence-corrected chi connectivity index (χ4v) is 3.25. The van der Waals surface area contributed by atoms with E-state index in [9.17, 15) is 14.4 Å². The highest BCUT2D eigenvalue weighted by molar-refractivity contribution is 8.18. The number of hydrogen-bond acceptors (Lipinski definition) is 5. The Bertz CT molecular complexity index is 954. The fraction of sp³-hybridized carbons (Fsp3) is 0.100. The van der Waals surface area contributed by atoms with Crippen LogP contribution in [0, 0.1) is 18.3 Å². The molecular weight excluding hydrogens is 348 g/mol. The van der Waals surface area contributed by atoms with Crippen molar-refractivity contribution in [3.8, 4) is 6.07 Å². The maximum absolute atomic E-state index is 12.5. The fourth-order valence-electron chi connectivity index (χ4n) is 2.42.